The first-order valence-corrected chi connectivity index (χ1v) is 6.82. The summed E-state index contributed by atoms with van der Waals surface area (Å²) < 4.78 is 0. The van der Waals surface area contributed by atoms with E-state index in [9.17, 15) is 10.1 Å². The van der Waals surface area contributed by atoms with Crippen LogP contribution in [0, 0.1) is 10.1 Å². The molecule has 1 aliphatic rings. The SMILES string of the molecule is CC1SCCC1Nc1ccc(Cl)cc1[N+](=O)[O-]. The lowest BCUT2D eigenvalue weighted by molar-refractivity contribution is -0.384. The average Bonchev–Trinajstić information content (AvgIpc) is 2.67. The van der Waals surface area contributed by atoms with E-state index in [-0.39, 0.29) is 5.69 Å². The van der Waals surface area contributed by atoms with Crippen molar-refractivity contribution in [3.05, 3.63) is 33.3 Å². The largest absolute Gasteiger partial charge is 0.376 e. The Hall–Kier alpha value is -0.940. The lowest BCUT2D eigenvalue weighted by Gasteiger charge is -2.17. The van der Waals surface area contributed by atoms with Crippen molar-refractivity contribution in [3.63, 3.8) is 0 Å². The van der Waals surface area contributed by atoms with Crippen molar-refractivity contribution in [3.8, 4) is 0 Å². The predicted molar refractivity (Wildman–Crippen MR) is 72.1 cm³/mol. The van der Waals surface area contributed by atoms with Crippen molar-refractivity contribution in [2.24, 2.45) is 0 Å². The lowest BCUT2D eigenvalue weighted by atomic mass is 10.1. The number of hydrogen-bond donors (Lipinski definition) is 1. The molecule has 1 aliphatic heterocycles. The number of nitro benzene ring substituents is 1. The number of nitrogens with one attached hydrogen (secondary N) is 1. The van der Waals surface area contributed by atoms with Gasteiger partial charge in [-0.2, -0.15) is 11.8 Å². The van der Waals surface area contributed by atoms with Crippen LogP contribution in [0.3, 0.4) is 0 Å². The first-order chi connectivity index (χ1) is 8.08. The molecular formula is C11H13ClN2O2S. The fraction of sp³-hybridized carbons (Fsp3) is 0.455. The van der Waals surface area contributed by atoms with Gasteiger partial charge in [-0.3, -0.25) is 10.1 Å². The summed E-state index contributed by atoms with van der Waals surface area (Å²) in [6, 6.07) is 5.02. The summed E-state index contributed by atoms with van der Waals surface area (Å²) in [5, 5.41) is 15.0. The molecular weight excluding hydrogens is 260 g/mol. The maximum absolute atomic E-state index is 10.9. The van der Waals surface area contributed by atoms with Gasteiger partial charge < -0.3 is 5.32 Å². The highest BCUT2D eigenvalue weighted by Gasteiger charge is 2.26. The van der Waals surface area contributed by atoms with Crippen LogP contribution in [-0.2, 0) is 0 Å². The number of benzene rings is 1. The van der Waals surface area contributed by atoms with E-state index in [1.807, 2.05) is 11.8 Å². The smallest absolute Gasteiger partial charge is 0.293 e. The summed E-state index contributed by atoms with van der Waals surface area (Å²) in [6.45, 7) is 2.14. The zero-order chi connectivity index (χ0) is 12.4. The van der Waals surface area contributed by atoms with Gasteiger partial charge >= 0.3 is 0 Å². The van der Waals surface area contributed by atoms with Crippen LogP contribution in [0.5, 0.6) is 0 Å². The first kappa shape index (κ1) is 12.5. The molecule has 1 heterocycles. The van der Waals surface area contributed by atoms with Crippen molar-refractivity contribution in [2.45, 2.75) is 24.6 Å². The van der Waals surface area contributed by atoms with Crippen LogP contribution in [0.15, 0.2) is 18.2 Å². The summed E-state index contributed by atoms with van der Waals surface area (Å²) in [6.07, 6.45) is 1.03. The summed E-state index contributed by atoms with van der Waals surface area (Å²) in [7, 11) is 0. The van der Waals surface area contributed by atoms with Crippen LogP contribution in [0.25, 0.3) is 0 Å². The normalized spacial score (nSPS) is 23.6. The fourth-order valence-electron chi connectivity index (χ4n) is 1.90. The Bertz CT molecular complexity index is 441. The third kappa shape index (κ3) is 2.84. The van der Waals surface area contributed by atoms with Gasteiger partial charge in [0, 0.05) is 22.4 Å². The number of anilines is 1. The molecule has 2 atom stereocenters. The molecule has 2 unspecified atom stereocenters. The molecule has 17 heavy (non-hydrogen) atoms. The molecule has 6 heteroatoms. The van der Waals surface area contributed by atoms with Gasteiger partial charge in [0.25, 0.3) is 5.69 Å². The van der Waals surface area contributed by atoms with E-state index in [0.717, 1.165) is 12.2 Å². The molecule has 0 bridgehead atoms. The Morgan fingerprint density at radius 2 is 2.35 bits per heavy atom. The van der Waals surface area contributed by atoms with Gasteiger partial charge in [0.1, 0.15) is 5.69 Å². The lowest BCUT2D eigenvalue weighted by Crippen LogP contribution is -2.25. The van der Waals surface area contributed by atoms with Crippen molar-refractivity contribution < 1.29 is 4.92 Å². The van der Waals surface area contributed by atoms with Crippen molar-refractivity contribution in [1.29, 1.82) is 0 Å². The first-order valence-electron chi connectivity index (χ1n) is 5.40. The van der Waals surface area contributed by atoms with Crippen LogP contribution in [0.2, 0.25) is 5.02 Å². The van der Waals surface area contributed by atoms with E-state index >= 15 is 0 Å². The molecule has 1 aromatic carbocycles. The van der Waals surface area contributed by atoms with Gasteiger partial charge in [0.2, 0.25) is 0 Å². The van der Waals surface area contributed by atoms with Gasteiger partial charge in [-0.15, -0.1) is 0 Å². The molecule has 1 N–H and O–H groups in total. The van der Waals surface area contributed by atoms with Crippen LogP contribution in [0.1, 0.15) is 13.3 Å². The molecule has 0 amide bonds. The van der Waals surface area contributed by atoms with Gasteiger partial charge in [0.15, 0.2) is 0 Å². The molecule has 1 fully saturated rings. The molecule has 92 valence electrons. The summed E-state index contributed by atoms with van der Waals surface area (Å²) in [5.41, 5.74) is 0.598. The van der Waals surface area contributed by atoms with E-state index in [4.69, 9.17) is 11.6 Å². The highest BCUT2D eigenvalue weighted by molar-refractivity contribution is 8.00. The number of thioether (sulfide) groups is 1. The van der Waals surface area contributed by atoms with Crippen LogP contribution in [-0.4, -0.2) is 22.0 Å². The topological polar surface area (TPSA) is 55.2 Å². The molecule has 1 aromatic rings. The minimum atomic E-state index is -0.402. The number of hydrogen-bond acceptors (Lipinski definition) is 4. The molecule has 1 saturated heterocycles. The highest BCUT2D eigenvalue weighted by atomic mass is 35.5. The van der Waals surface area contributed by atoms with Crippen molar-refractivity contribution in [1.82, 2.24) is 0 Å². The monoisotopic (exact) mass is 272 g/mol. The Kier molecular flexibility index (Phi) is 3.79. The van der Waals surface area contributed by atoms with Crippen molar-refractivity contribution >= 4 is 34.7 Å². The number of rotatable bonds is 3. The fourth-order valence-corrected chi connectivity index (χ4v) is 3.26. The number of halogens is 1. The van der Waals surface area contributed by atoms with Gasteiger partial charge in [0.05, 0.1) is 4.92 Å². The molecule has 2 rings (SSSR count). The summed E-state index contributed by atoms with van der Waals surface area (Å²) >= 11 is 7.65. The van der Waals surface area contributed by atoms with E-state index < -0.39 is 4.92 Å². The zero-order valence-corrected chi connectivity index (χ0v) is 10.9. The second kappa shape index (κ2) is 5.14. The molecule has 4 nitrogen and oxygen atoms in total. The van der Waals surface area contributed by atoms with Gasteiger partial charge in [-0.1, -0.05) is 18.5 Å². The van der Waals surface area contributed by atoms with Gasteiger partial charge in [-0.25, -0.2) is 0 Å². The van der Waals surface area contributed by atoms with E-state index in [1.54, 1.807) is 12.1 Å². The van der Waals surface area contributed by atoms with E-state index in [1.165, 1.54) is 6.07 Å². The summed E-state index contributed by atoms with van der Waals surface area (Å²) in [5.74, 6) is 1.10. The van der Waals surface area contributed by atoms with Gasteiger partial charge in [-0.05, 0) is 24.3 Å². The zero-order valence-electron chi connectivity index (χ0n) is 9.35. The predicted octanol–water partition coefficient (Wildman–Crippen LogP) is 3.55. The molecule has 0 aliphatic carbocycles. The molecule has 0 aromatic heterocycles. The Morgan fingerprint density at radius 1 is 1.59 bits per heavy atom. The Balaban J connectivity index is 2.22. The minimum absolute atomic E-state index is 0.0431. The van der Waals surface area contributed by atoms with Crippen molar-refractivity contribution in [2.75, 3.05) is 11.1 Å². The number of nitro groups is 1. The third-order valence-electron chi connectivity index (χ3n) is 2.87. The Morgan fingerprint density at radius 3 is 2.94 bits per heavy atom. The second-order valence-corrected chi connectivity index (χ2v) is 5.96. The molecule has 0 radical (unpaired) electrons. The third-order valence-corrected chi connectivity index (χ3v) is 4.43. The Labute approximate surface area is 109 Å². The highest BCUT2D eigenvalue weighted by Crippen LogP contribution is 2.33. The van der Waals surface area contributed by atoms with Crippen LogP contribution < -0.4 is 5.32 Å². The van der Waals surface area contributed by atoms with E-state index in [0.29, 0.717) is 22.0 Å². The minimum Gasteiger partial charge on any atom is -0.376 e. The van der Waals surface area contributed by atoms with Crippen LogP contribution in [0.4, 0.5) is 11.4 Å². The van der Waals surface area contributed by atoms with E-state index in [2.05, 4.69) is 12.2 Å². The maximum atomic E-state index is 10.9. The second-order valence-electron chi connectivity index (χ2n) is 4.03. The molecule has 0 spiro atoms. The maximum Gasteiger partial charge on any atom is 0.293 e. The number of nitrogens with zero attached hydrogens (tertiary/aromatic N) is 1. The quantitative estimate of drug-likeness (QED) is 0.675. The van der Waals surface area contributed by atoms with Crippen LogP contribution >= 0.6 is 23.4 Å². The summed E-state index contributed by atoms with van der Waals surface area (Å²) in [4.78, 5) is 10.5. The molecule has 0 saturated carbocycles. The standard InChI is InChI=1S/C11H13ClN2O2S/c1-7-9(4-5-17-7)13-10-3-2-8(12)6-11(10)14(15)16/h2-3,6-7,9,13H,4-5H2,1H3. The average molecular weight is 273 g/mol.